The Labute approximate surface area is 101 Å². The second-order valence-corrected chi connectivity index (χ2v) is 5.37. The van der Waals surface area contributed by atoms with E-state index in [0.717, 1.165) is 19.3 Å². The Morgan fingerprint density at radius 2 is 2.38 bits per heavy atom. The minimum absolute atomic E-state index is 0.0962. The van der Waals surface area contributed by atoms with Gasteiger partial charge in [0.05, 0.1) is 5.60 Å². The van der Waals surface area contributed by atoms with Gasteiger partial charge in [0, 0.05) is 18.9 Å². The van der Waals surface area contributed by atoms with E-state index in [4.69, 9.17) is 4.74 Å². The topological polar surface area (TPSA) is 58.6 Å². The molecule has 1 aliphatic heterocycles. The number of hydrogen-bond acceptors (Lipinski definition) is 4. The van der Waals surface area contributed by atoms with Crippen LogP contribution in [0.15, 0.2) is 0 Å². The van der Waals surface area contributed by atoms with Crippen LogP contribution in [0.5, 0.6) is 0 Å². The largest absolute Gasteiger partial charge is 0.387 e. The lowest BCUT2D eigenvalue weighted by Gasteiger charge is -2.26. The van der Waals surface area contributed by atoms with Gasteiger partial charge in [0.15, 0.2) is 0 Å². The van der Waals surface area contributed by atoms with Crippen LogP contribution in [-0.4, -0.2) is 47.9 Å². The quantitative estimate of drug-likeness (QED) is 0.754. The number of ether oxygens (including phenoxy) is 1. The number of thioether (sulfide) groups is 1. The zero-order valence-electron chi connectivity index (χ0n) is 9.99. The molecular weight excluding hydrogens is 226 g/mol. The lowest BCUT2D eigenvalue weighted by Crippen LogP contribution is -2.46. The van der Waals surface area contributed by atoms with Crippen LogP contribution in [0.3, 0.4) is 0 Å². The molecule has 16 heavy (non-hydrogen) atoms. The molecule has 5 heteroatoms. The first-order valence-corrected chi connectivity index (χ1v) is 7.05. The normalized spacial score (nSPS) is 24.8. The molecule has 0 bridgehead atoms. The lowest BCUT2D eigenvalue weighted by molar-refractivity contribution is -0.136. The summed E-state index contributed by atoms with van der Waals surface area (Å²) in [7, 11) is 0. The van der Waals surface area contributed by atoms with E-state index in [1.54, 1.807) is 18.7 Å². The second kappa shape index (κ2) is 6.47. The molecule has 2 atom stereocenters. The summed E-state index contributed by atoms with van der Waals surface area (Å²) >= 11 is 1.56. The maximum absolute atomic E-state index is 11.7. The van der Waals surface area contributed by atoms with Crippen molar-refractivity contribution in [2.45, 2.75) is 37.9 Å². The average Bonchev–Trinajstić information content (AvgIpc) is 2.27. The van der Waals surface area contributed by atoms with Crippen LogP contribution in [0.25, 0.3) is 0 Å². The number of rotatable bonds is 5. The number of carbonyl (C=O) groups is 1. The van der Waals surface area contributed by atoms with Gasteiger partial charge in [-0.25, -0.2) is 0 Å². The first-order valence-electron chi connectivity index (χ1n) is 5.66. The third-order valence-electron chi connectivity index (χ3n) is 2.57. The van der Waals surface area contributed by atoms with Crippen molar-refractivity contribution in [2.24, 2.45) is 0 Å². The number of nitrogens with one attached hydrogen (secondary N) is 1. The molecule has 1 fully saturated rings. The summed E-state index contributed by atoms with van der Waals surface area (Å²) < 4.78 is 5.37. The first-order chi connectivity index (χ1) is 7.55. The van der Waals surface area contributed by atoms with Crippen LogP contribution in [0.2, 0.25) is 0 Å². The summed E-state index contributed by atoms with van der Waals surface area (Å²) in [6.07, 6.45) is 4.48. The molecule has 0 radical (unpaired) electrons. The molecule has 1 saturated heterocycles. The van der Waals surface area contributed by atoms with Crippen molar-refractivity contribution in [2.75, 3.05) is 25.2 Å². The van der Waals surface area contributed by atoms with E-state index in [1.807, 2.05) is 6.26 Å². The molecule has 0 aliphatic carbocycles. The van der Waals surface area contributed by atoms with Crippen molar-refractivity contribution < 1.29 is 14.6 Å². The number of carbonyl (C=O) groups excluding carboxylic acids is 1. The van der Waals surface area contributed by atoms with Gasteiger partial charge in [0.1, 0.15) is 6.10 Å². The predicted molar refractivity (Wildman–Crippen MR) is 65.6 cm³/mol. The highest BCUT2D eigenvalue weighted by molar-refractivity contribution is 7.98. The molecule has 0 spiro atoms. The van der Waals surface area contributed by atoms with Gasteiger partial charge in [0.25, 0.3) is 0 Å². The highest BCUT2D eigenvalue weighted by Gasteiger charge is 2.25. The van der Waals surface area contributed by atoms with Crippen molar-refractivity contribution in [3.05, 3.63) is 0 Å². The minimum Gasteiger partial charge on any atom is -0.387 e. The van der Waals surface area contributed by atoms with Crippen LogP contribution >= 0.6 is 11.8 Å². The molecule has 1 heterocycles. The molecule has 0 aromatic carbocycles. The van der Waals surface area contributed by atoms with E-state index in [9.17, 15) is 9.90 Å². The summed E-state index contributed by atoms with van der Waals surface area (Å²) in [6, 6.07) is 0. The number of hydrogen-bond donors (Lipinski definition) is 2. The SMILES string of the molecule is CSCC(C)(O)CNC(=O)C1CCCCO1. The smallest absolute Gasteiger partial charge is 0.249 e. The van der Waals surface area contributed by atoms with Crippen molar-refractivity contribution in [1.82, 2.24) is 5.32 Å². The third kappa shape index (κ3) is 4.72. The van der Waals surface area contributed by atoms with E-state index >= 15 is 0 Å². The van der Waals surface area contributed by atoms with Crippen molar-refractivity contribution >= 4 is 17.7 Å². The van der Waals surface area contributed by atoms with E-state index in [-0.39, 0.29) is 18.6 Å². The molecule has 0 aromatic heterocycles. The molecule has 0 saturated carbocycles. The average molecular weight is 247 g/mol. The minimum atomic E-state index is -0.844. The van der Waals surface area contributed by atoms with Gasteiger partial charge in [0.2, 0.25) is 5.91 Å². The fourth-order valence-electron chi connectivity index (χ4n) is 1.70. The van der Waals surface area contributed by atoms with Gasteiger partial charge < -0.3 is 15.2 Å². The maximum Gasteiger partial charge on any atom is 0.249 e. The molecule has 2 unspecified atom stereocenters. The van der Waals surface area contributed by atoms with Crippen molar-refractivity contribution in [3.63, 3.8) is 0 Å². The third-order valence-corrected chi connectivity index (χ3v) is 3.48. The van der Waals surface area contributed by atoms with Crippen molar-refractivity contribution in [3.8, 4) is 0 Å². The van der Waals surface area contributed by atoms with Crippen LogP contribution in [-0.2, 0) is 9.53 Å². The summed E-state index contributed by atoms with van der Waals surface area (Å²) in [5.74, 6) is 0.514. The molecule has 94 valence electrons. The molecule has 4 nitrogen and oxygen atoms in total. The van der Waals surface area contributed by atoms with E-state index < -0.39 is 5.60 Å². The molecule has 2 N–H and O–H groups in total. The van der Waals surface area contributed by atoms with E-state index in [2.05, 4.69) is 5.32 Å². The Morgan fingerprint density at radius 1 is 1.62 bits per heavy atom. The zero-order chi connectivity index (χ0) is 12.0. The standard InChI is InChI=1S/C11H21NO3S/c1-11(14,8-16-2)7-12-10(13)9-5-3-4-6-15-9/h9,14H,3-8H2,1-2H3,(H,12,13). The first kappa shape index (κ1) is 13.8. The van der Waals surface area contributed by atoms with Gasteiger partial charge in [-0.15, -0.1) is 0 Å². The monoisotopic (exact) mass is 247 g/mol. The van der Waals surface area contributed by atoms with Gasteiger partial charge in [-0.1, -0.05) is 0 Å². The Morgan fingerprint density at radius 3 is 2.94 bits per heavy atom. The zero-order valence-corrected chi connectivity index (χ0v) is 10.8. The highest BCUT2D eigenvalue weighted by atomic mass is 32.2. The molecule has 1 rings (SSSR count). The fraction of sp³-hybridized carbons (Fsp3) is 0.909. The Hall–Kier alpha value is -0.260. The summed E-state index contributed by atoms with van der Waals surface area (Å²) in [6.45, 7) is 2.68. The van der Waals surface area contributed by atoms with Gasteiger partial charge in [-0.3, -0.25) is 4.79 Å². The van der Waals surface area contributed by atoms with Gasteiger partial charge in [-0.05, 0) is 32.4 Å². The Kier molecular flexibility index (Phi) is 5.58. The lowest BCUT2D eigenvalue weighted by atomic mass is 10.1. The molecule has 0 aromatic rings. The van der Waals surface area contributed by atoms with Gasteiger partial charge in [-0.2, -0.15) is 11.8 Å². The second-order valence-electron chi connectivity index (χ2n) is 4.50. The van der Waals surface area contributed by atoms with E-state index in [1.165, 1.54) is 0 Å². The fourth-order valence-corrected chi connectivity index (χ4v) is 2.42. The molecule has 1 amide bonds. The highest BCUT2D eigenvalue weighted by Crippen LogP contribution is 2.13. The summed E-state index contributed by atoms with van der Waals surface area (Å²) in [5.41, 5.74) is -0.844. The van der Waals surface area contributed by atoms with Crippen LogP contribution in [0.4, 0.5) is 0 Å². The number of amides is 1. The molecular formula is C11H21NO3S. The van der Waals surface area contributed by atoms with Crippen molar-refractivity contribution in [1.29, 1.82) is 0 Å². The summed E-state index contributed by atoms with van der Waals surface area (Å²) in [4.78, 5) is 11.7. The maximum atomic E-state index is 11.7. The van der Waals surface area contributed by atoms with Crippen LogP contribution in [0.1, 0.15) is 26.2 Å². The van der Waals surface area contributed by atoms with Crippen LogP contribution < -0.4 is 5.32 Å². The number of aliphatic hydroxyl groups is 1. The van der Waals surface area contributed by atoms with E-state index in [0.29, 0.717) is 12.4 Å². The Bertz CT molecular complexity index is 227. The summed E-state index contributed by atoms with van der Waals surface area (Å²) in [5, 5.41) is 12.6. The van der Waals surface area contributed by atoms with Crippen LogP contribution in [0, 0.1) is 0 Å². The Balaban J connectivity index is 2.28. The van der Waals surface area contributed by atoms with Gasteiger partial charge >= 0.3 is 0 Å². The predicted octanol–water partition coefficient (Wildman–Crippen LogP) is 0.786. The molecule has 1 aliphatic rings.